The van der Waals surface area contributed by atoms with E-state index in [0.29, 0.717) is 29.3 Å². The van der Waals surface area contributed by atoms with Crippen LogP contribution in [0.15, 0.2) is 15.7 Å². The van der Waals surface area contributed by atoms with Crippen molar-refractivity contribution in [2.45, 2.75) is 62.7 Å². The highest BCUT2D eigenvalue weighted by molar-refractivity contribution is 7.91. The maximum atomic E-state index is 12.2. The highest BCUT2D eigenvalue weighted by Crippen LogP contribution is 2.27. The van der Waals surface area contributed by atoms with E-state index >= 15 is 0 Å². The maximum absolute atomic E-state index is 12.2. The van der Waals surface area contributed by atoms with Gasteiger partial charge in [0.05, 0.1) is 0 Å². The van der Waals surface area contributed by atoms with Gasteiger partial charge in [-0.1, -0.05) is 39.5 Å². The molecule has 0 spiro atoms. The lowest BCUT2D eigenvalue weighted by atomic mass is 10.1. The van der Waals surface area contributed by atoms with Gasteiger partial charge in [-0.3, -0.25) is 0 Å². The van der Waals surface area contributed by atoms with Crippen LogP contribution in [-0.2, 0) is 16.6 Å². The van der Waals surface area contributed by atoms with Gasteiger partial charge < -0.3 is 5.32 Å². The normalized spacial score (nSPS) is 16.9. The second-order valence-electron chi connectivity index (χ2n) is 6.15. The first-order chi connectivity index (χ1) is 9.97. The van der Waals surface area contributed by atoms with E-state index in [1.165, 1.54) is 37.0 Å². The first-order valence-corrected chi connectivity index (χ1v) is 10.1. The molecule has 0 aromatic carbocycles. The molecule has 21 heavy (non-hydrogen) atoms. The monoisotopic (exact) mass is 330 g/mol. The molecule has 0 unspecified atom stereocenters. The molecule has 4 nitrogen and oxygen atoms in total. The summed E-state index contributed by atoms with van der Waals surface area (Å²) in [4.78, 5) is 0. The van der Waals surface area contributed by atoms with E-state index < -0.39 is 10.0 Å². The highest BCUT2D eigenvalue weighted by Gasteiger charge is 2.19. The summed E-state index contributed by atoms with van der Waals surface area (Å²) >= 11 is 1.30. The Morgan fingerprint density at radius 2 is 2.05 bits per heavy atom. The standard InChI is InChI=1S/C15H26N2O2S2/c1-12(2)16-10-14-9-15(20-11-14)21(18,19)17-8-7-13-5-3-4-6-13/h9,11-13,16-17H,3-8,10H2,1-2H3. The van der Waals surface area contributed by atoms with Crippen LogP contribution in [0.3, 0.4) is 0 Å². The molecule has 0 saturated heterocycles. The molecule has 0 radical (unpaired) electrons. The summed E-state index contributed by atoms with van der Waals surface area (Å²) in [5.41, 5.74) is 1.03. The molecule has 1 saturated carbocycles. The van der Waals surface area contributed by atoms with Gasteiger partial charge >= 0.3 is 0 Å². The SMILES string of the molecule is CC(C)NCc1csc(S(=O)(=O)NCCC2CCCC2)c1. The van der Waals surface area contributed by atoms with Crippen LogP contribution >= 0.6 is 11.3 Å². The van der Waals surface area contributed by atoms with Gasteiger partial charge in [-0.05, 0) is 29.3 Å². The Morgan fingerprint density at radius 1 is 1.33 bits per heavy atom. The fourth-order valence-electron chi connectivity index (χ4n) is 2.68. The van der Waals surface area contributed by atoms with E-state index in [4.69, 9.17) is 0 Å². The van der Waals surface area contributed by atoms with Crippen LogP contribution in [0.1, 0.15) is 51.5 Å². The molecule has 1 aliphatic carbocycles. The molecule has 1 aromatic rings. The Balaban J connectivity index is 1.83. The summed E-state index contributed by atoms with van der Waals surface area (Å²) in [5, 5.41) is 5.22. The molecule has 0 aliphatic heterocycles. The van der Waals surface area contributed by atoms with Crippen LogP contribution in [0.25, 0.3) is 0 Å². The Kier molecular flexibility index (Phi) is 6.22. The van der Waals surface area contributed by atoms with Crippen LogP contribution < -0.4 is 10.0 Å². The van der Waals surface area contributed by atoms with Crippen molar-refractivity contribution in [3.63, 3.8) is 0 Å². The lowest BCUT2D eigenvalue weighted by molar-refractivity contribution is 0.496. The molecular formula is C15H26N2O2S2. The fraction of sp³-hybridized carbons (Fsp3) is 0.733. The van der Waals surface area contributed by atoms with Crippen molar-refractivity contribution in [1.82, 2.24) is 10.0 Å². The van der Waals surface area contributed by atoms with Gasteiger partial charge in [-0.15, -0.1) is 11.3 Å². The minimum absolute atomic E-state index is 0.398. The second kappa shape index (κ2) is 7.72. The number of thiophene rings is 1. The molecule has 0 atom stereocenters. The van der Waals surface area contributed by atoms with Gasteiger partial charge in [0, 0.05) is 19.1 Å². The molecular weight excluding hydrogens is 304 g/mol. The number of rotatable bonds is 8. The van der Waals surface area contributed by atoms with Crippen LogP contribution in [0.2, 0.25) is 0 Å². The molecule has 1 fully saturated rings. The van der Waals surface area contributed by atoms with E-state index in [1.807, 2.05) is 5.38 Å². The predicted molar refractivity (Wildman–Crippen MR) is 88.1 cm³/mol. The van der Waals surface area contributed by atoms with Crippen molar-refractivity contribution < 1.29 is 8.42 Å². The third-order valence-electron chi connectivity index (χ3n) is 3.93. The summed E-state index contributed by atoms with van der Waals surface area (Å²) in [7, 11) is -3.33. The van der Waals surface area contributed by atoms with Gasteiger partial charge in [0.15, 0.2) is 0 Å². The number of sulfonamides is 1. The van der Waals surface area contributed by atoms with Gasteiger partial charge in [0.2, 0.25) is 10.0 Å². The largest absolute Gasteiger partial charge is 0.310 e. The van der Waals surface area contributed by atoms with Crippen molar-refractivity contribution in [2.24, 2.45) is 5.92 Å². The van der Waals surface area contributed by atoms with Crippen LogP contribution in [0.5, 0.6) is 0 Å². The molecule has 1 aromatic heterocycles. The van der Waals surface area contributed by atoms with Crippen LogP contribution in [-0.4, -0.2) is 21.0 Å². The van der Waals surface area contributed by atoms with Crippen molar-refractivity contribution in [2.75, 3.05) is 6.54 Å². The third-order valence-corrected chi connectivity index (χ3v) is 6.88. The predicted octanol–water partition coefficient (Wildman–Crippen LogP) is 3.10. The van der Waals surface area contributed by atoms with Gasteiger partial charge in [0.1, 0.15) is 4.21 Å². The zero-order valence-corrected chi connectivity index (χ0v) is 14.5. The Hall–Kier alpha value is -0.430. The van der Waals surface area contributed by atoms with E-state index in [-0.39, 0.29) is 0 Å². The van der Waals surface area contributed by atoms with E-state index in [9.17, 15) is 8.42 Å². The minimum atomic E-state index is -3.33. The lowest BCUT2D eigenvalue weighted by Gasteiger charge is -2.09. The minimum Gasteiger partial charge on any atom is -0.310 e. The van der Waals surface area contributed by atoms with Crippen molar-refractivity contribution in [3.8, 4) is 0 Å². The number of nitrogens with one attached hydrogen (secondary N) is 2. The molecule has 0 bridgehead atoms. The highest BCUT2D eigenvalue weighted by atomic mass is 32.2. The zero-order valence-electron chi connectivity index (χ0n) is 12.9. The average molecular weight is 331 g/mol. The summed E-state index contributed by atoms with van der Waals surface area (Å²) in [6.07, 6.45) is 6.08. The number of hydrogen-bond donors (Lipinski definition) is 2. The van der Waals surface area contributed by atoms with Crippen molar-refractivity contribution >= 4 is 21.4 Å². The first kappa shape index (κ1) is 16.9. The van der Waals surface area contributed by atoms with Crippen molar-refractivity contribution in [1.29, 1.82) is 0 Å². The first-order valence-electron chi connectivity index (χ1n) is 7.78. The molecule has 0 amide bonds. The fourth-order valence-corrected chi connectivity index (χ4v) is 4.98. The number of hydrogen-bond acceptors (Lipinski definition) is 4. The van der Waals surface area contributed by atoms with Gasteiger partial charge in [0.25, 0.3) is 0 Å². The van der Waals surface area contributed by atoms with E-state index in [0.717, 1.165) is 12.0 Å². The van der Waals surface area contributed by atoms with E-state index in [2.05, 4.69) is 23.9 Å². The average Bonchev–Trinajstić information content (AvgIpc) is 3.07. The molecule has 1 aliphatic rings. The second-order valence-corrected chi connectivity index (χ2v) is 9.05. The van der Waals surface area contributed by atoms with Gasteiger partial charge in [-0.2, -0.15) is 0 Å². The maximum Gasteiger partial charge on any atom is 0.250 e. The molecule has 1 heterocycles. The topological polar surface area (TPSA) is 58.2 Å². The summed E-state index contributed by atoms with van der Waals surface area (Å²) < 4.78 is 27.6. The molecule has 2 N–H and O–H groups in total. The third kappa shape index (κ3) is 5.36. The van der Waals surface area contributed by atoms with E-state index in [1.54, 1.807) is 6.07 Å². The Morgan fingerprint density at radius 3 is 2.71 bits per heavy atom. The quantitative estimate of drug-likeness (QED) is 0.770. The van der Waals surface area contributed by atoms with Gasteiger partial charge in [-0.25, -0.2) is 13.1 Å². The smallest absolute Gasteiger partial charge is 0.250 e. The van der Waals surface area contributed by atoms with Crippen LogP contribution in [0.4, 0.5) is 0 Å². The lowest BCUT2D eigenvalue weighted by Crippen LogP contribution is -2.25. The van der Waals surface area contributed by atoms with Crippen molar-refractivity contribution in [3.05, 3.63) is 17.0 Å². The summed E-state index contributed by atoms with van der Waals surface area (Å²) in [5.74, 6) is 0.710. The Labute approximate surface area is 132 Å². The summed E-state index contributed by atoms with van der Waals surface area (Å²) in [6.45, 7) is 5.43. The zero-order chi connectivity index (χ0) is 15.3. The molecule has 120 valence electrons. The van der Waals surface area contributed by atoms with Crippen LogP contribution in [0, 0.1) is 5.92 Å². The summed E-state index contributed by atoms with van der Waals surface area (Å²) in [6, 6.07) is 2.17. The molecule has 6 heteroatoms. The molecule has 2 rings (SSSR count). The Bertz CT molecular complexity index is 532.